The van der Waals surface area contributed by atoms with E-state index in [0.29, 0.717) is 24.3 Å². The highest BCUT2D eigenvalue weighted by molar-refractivity contribution is 7.22. The van der Waals surface area contributed by atoms with Gasteiger partial charge >= 0.3 is 5.97 Å². The monoisotopic (exact) mass is 576 g/mol. The summed E-state index contributed by atoms with van der Waals surface area (Å²) in [7, 11) is 0. The van der Waals surface area contributed by atoms with Gasteiger partial charge in [-0.15, -0.1) is 11.3 Å². The molecule has 1 aliphatic rings. The SMILES string of the molecule is O=C(O)COCCOCCN1CCN(c2ccc(C(=O)c3c(-c4ccc(O)cc4)sc4cc(O)ccc34)cc2)CC1. The number of rotatable bonds is 12. The maximum absolute atomic E-state index is 13.8. The van der Waals surface area contributed by atoms with E-state index in [4.69, 9.17) is 14.6 Å². The summed E-state index contributed by atoms with van der Waals surface area (Å²) in [4.78, 5) is 29.7. The molecule has 0 bridgehead atoms. The van der Waals surface area contributed by atoms with Gasteiger partial charge in [0, 0.05) is 64.5 Å². The van der Waals surface area contributed by atoms with Crippen LogP contribution < -0.4 is 4.90 Å². The Morgan fingerprint density at radius 1 is 0.805 bits per heavy atom. The maximum atomic E-state index is 13.8. The molecule has 1 fully saturated rings. The minimum absolute atomic E-state index is 0.0882. The lowest BCUT2D eigenvalue weighted by atomic mass is 9.97. The number of ether oxygens (including phenoxy) is 2. The molecule has 0 aliphatic carbocycles. The predicted molar refractivity (Wildman–Crippen MR) is 158 cm³/mol. The quantitative estimate of drug-likeness (QED) is 0.166. The molecule has 1 aliphatic heterocycles. The van der Waals surface area contributed by atoms with E-state index in [1.54, 1.807) is 42.5 Å². The van der Waals surface area contributed by atoms with Crippen LogP contribution in [0.1, 0.15) is 15.9 Å². The van der Waals surface area contributed by atoms with Crippen LogP contribution in [-0.2, 0) is 14.3 Å². The Hall–Kier alpha value is -3.96. The van der Waals surface area contributed by atoms with Crippen molar-refractivity contribution in [2.24, 2.45) is 0 Å². The van der Waals surface area contributed by atoms with Crippen LogP contribution in [0.5, 0.6) is 11.5 Å². The van der Waals surface area contributed by atoms with Crippen LogP contribution in [-0.4, -0.2) is 91.1 Å². The van der Waals surface area contributed by atoms with E-state index in [2.05, 4.69) is 9.80 Å². The number of carboxylic acid groups (broad SMARTS) is 1. The molecule has 1 aromatic heterocycles. The molecule has 214 valence electrons. The third-order valence-electron chi connectivity index (χ3n) is 7.05. The molecule has 5 rings (SSSR count). The van der Waals surface area contributed by atoms with E-state index in [1.165, 1.54) is 11.3 Å². The van der Waals surface area contributed by atoms with Crippen molar-refractivity contribution in [3.05, 3.63) is 77.9 Å². The van der Waals surface area contributed by atoms with Crippen LogP contribution >= 0.6 is 11.3 Å². The summed E-state index contributed by atoms with van der Waals surface area (Å²) in [6.45, 7) is 5.20. The highest BCUT2D eigenvalue weighted by Gasteiger charge is 2.23. The zero-order chi connectivity index (χ0) is 28.8. The summed E-state index contributed by atoms with van der Waals surface area (Å²) < 4.78 is 11.3. The molecule has 0 radical (unpaired) electrons. The summed E-state index contributed by atoms with van der Waals surface area (Å²) in [6, 6.07) is 19.6. The number of fused-ring (bicyclic) bond motifs is 1. The van der Waals surface area contributed by atoms with Gasteiger partial charge in [0.25, 0.3) is 0 Å². The van der Waals surface area contributed by atoms with Gasteiger partial charge in [0.2, 0.25) is 0 Å². The molecule has 0 amide bonds. The van der Waals surface area contributed by atoms with Crippen molar-refractivity contribution in [1.82, 2.24) is 4.90 Å². The number of ketones is 1. The first kappa shape index (κ1) is 28.6. The predicted octanol–water partition coefficient (Wildman–Crippen LogP) is 4.45. The van der Waals surface area contributed by atoms with Crippen molar-refractivity contribution in [1.29, 1.82) is 0 Å². The van der Waals surface area contributed by atoms with Crippen molar-refractivity contribution >= 4 is 38.9 Å². The van der Waals surface area contributed by atoms with Crippen molar-refractivity contribution < 1.29 is 34.4 Å². The standard InChI is InChI=1S/C31H32N2O7S/c34-24-7-3-22(4-8-24)31-29(26-10-9-25(35)19-27(26)41-31)30(38)21-1-5-23(6-2-21)33-13-11-32(12-14-33)15-16-39-17-18-40-20-28(36)37/h1-10,19,34-35H,11-18,20H2,(H,36,37). The lowest BCUT2D eigenvalue weighted by Crippen LogP contribution is -2.47. The van der Waals surface area contributed by atoms with Gasteiger partial charge in [-0.25, -0.2) is 4.79 Å². The number of hydrogen-bond donors (Lipinski definition) is 3. The molecular formula is C31H32N2O7S. The summed E-state index contributed by atoms with van der Waals surface area (Å²) >= 11 is 1.45. The van der Waals surface area contributed by atoms with Gasteiger partial charge in [-0.05, 0) is 72.3 Å². The van der Waals surface area contributed by atoms with Gasteiger partial charge in [0.05, 0.1) is 19.8 Å². The molecule has 0 saturated carbocycles. The van der Waals surface area contributed by atoms with Gasteiger partial charge < -0.3 is 29.7 Å². The number of benzene rings is 3. The Balaban J connectivity index is 1.21. The van der Waals surface area contributed by atoms with E-state index in [-0.39, 0.29) is 30.5 Å². The topological polar surface area (TPSA) is 120 Å². The Labute approximate surface area is 241 Å². The molecule has 1 saturated heterocycles. The maximum Gasteiger partial charge on any atom is 0.329 e. The zero-order valence-electron chi connectivity index (χ0n) is 22.5. The fourth-order valence-corrected chi connectivity index (χ4v) is 6.14. The lowest BCUT2D eigenvalue weighted by Gasteiger charge is -2.36. The molecular weight excluding hydrogens is 544 g/mol. The van der Waals surface area contributed by atoms with Crippen LogP contribution in [0.3, 0.4) is 0 Å². The molecule has 10 heteroatoms. The number of thiophene rings is 1. The molecule has 4 aromatic rings. The van der Waals surface area contributed by atoms with Gasteiger partial charge in [-0.3, -0.25) is 9.69 Å². The number of anilines is 1. The van der Waals surface area contributed by atoms with E-state index >= 15 is 0 Å². The second-order valence-corrected chi connectivity index (χ2v) is 10.8. The lowest BCUT2D eigenvalue weighted by molar-refractivity contribution is -0.142. The molecule has 41 heavy (non-hydrogen) atoms. The number of carbonyl (C=O) groups is 2. The number of hydrogen-bond acceptors (Lipinski definition) is 9. The third-order valence-corrected chi connectivity index (χ3v) is 8.25. The number of nitrogens with zero attached hydrogens (tertiary/aromatic N) is 2. The summed E-state index contributed by atoms with van der Waals surface area (Å²) in [6.07, 6.45) is 0. The number of aromatic hydroxyl groups is 2. The van der Waals surface area contributed by atoms with Crippen molar-refractivity contribution in [3.63, 3.8) is 0 Å². The van der Waals surface area contributed by atoms with Crippen LogP contribution in [0.15, 0.2) is 66.7 Å². The second kappa shape index (κ2) is 13.1. The van der Waals surface area contributed by atoms with Crippen LogP contribution in [0.2, 0.25) is 0 Å². The Morgan fingerprint density at radius 2 is 1.49 bits per heavy atom. The number of aliphatic carboxylic acids is 1. The van der Waals surface area contributed by atoms with Crippen LogP contribution in [0.25, 0.3) is 20.5 Å². The number of piperazine rings is 1. The normalized spacial score (nSPS) is 14.0. The molecule has 9 nitrogen and oxygen atoms in total. The van der Waals surface area contributed by atoms with Crippen LogP contribution in [0, 0.1) is 0 Å². The van der Waals surface area contributed by atoms with Crippen molar-refractivity contribution in [3.8, 4) is 21.9 Å². The summed E-state index contributed by atoms with van der Waals surface area (Å²) in [5, 5.41) is 29.1. The first-order valence-corrected chi connectivity index (χ1v) is 14.2. The fourth-order valence-electron chi connectivity index (χ4n) is 4.90. The van der Waals surface area contributed by atoms with E-state index < -0.39 is 5.97 Å². The molecule has 3 N–H and O–H groups in total. The smallest absolute Gasteiger partial charge is 0.329 e. The van der Waals surface area contributed by atoms with Gasteiger partial charge in [-0.1, -0.05) is 0 Å². The number of carboxylic acids is 1. The Kier molecular flexibility index (Phi) is 9.15. The van der Waals surface area contributed by atoms with E-state index in [1.807, 2.05) is 24.3 Å². The van der Waals surface area contributed by atoms with Gasteiger partial charge in [-0.2, -0.15) is 0 Å². The number of phenolic OH excluding ortho intramolecular Hbond substituents is 2. The average molecular weight is 577 g/mol. The van der Waals surface area contributed by atoms with Gasteiger partial charge in [0.15, 0.2) is 5.78 Å². The summed E-state index contributed by atoms with van der Waals surface area (Å²) in [5.74, 6) is -0.767. The van der Waals surface area contributed by atoms with Crippen molar-refractivity contribution in [2.45, 2.75) is 0 Å². The first-order chi connectivity index (χ1) is 19.9. The highest BCUT2D eigenvalue weighted by Crippen LogP contribution is 2.41. The Bertz CT molecular complexity index is 1490. The molecule has 0 atom stereocenters. The second-order valence-electron chi connectivity index (χ2n) is 9.80. The molecule has 3 aromatic carbocycles. The number of carbonyl (C=O) groups excluding carboxylic acids is 1. The largest absolute Gasteiger partial charge is 0.508 e. The fraction of sp³-hybridized carbons (Fsp3) is 0.290. The van der Waals surface area contributed by atoms with Crippen molar-refractivity contribution in [2.75, 3.05) is 64.1 Å². The minimum atomic E-state index is -0.984. The van der Waals surface area contributed by atoms with Gasteiger partial charge in [0.1, 0.15) is 18.1 Å². The molecule has 2 heterocycles. The minimum Gasteiger partial charge on any atom is -0.508 e. The highest BCUT2D eigenvalue weighted by atomic mass is 32.1. The van der Waals surface area contributed by atoms with E-state index in [0.717, 1.165) is 58.9 Å². The average Bonchev–Trinajstić information content (AvgIpc) is 3.35. The zero-order valence-corrected chi connectivity index (χ0v) is 23.3. The first-order valence-electron chi connectivity index (χ1n) is 13.4. The van der Waals surface area contributed by atoms with Crippen LogP contribution in [0.4, 0.5) is 5.69 Å². The summed E-state index contributed by atoms with van der Waals surface area (Å²) in [5.41, 5.74) is 3.07. The molecule has 0 unspecified atom stereocenters. The molecule has 0 spiro atoms. The number of phenols is 2. The third kappa shape index (κ3) is 7.04. The Morgan fingerprint density at radius 3 is 2.20 bits per heavy atom. The van der Waals surface area contributed by atoms with E-state index in [9.17, 15) is 19.8 Å².